The third-order valence-corrected chi connectivity index (χ3v) is 5.47. The Bertz CT molecular complexity index is 1070. The molecule has 0 radical (unpaired) electrons. The SMILES string of the molecule is CC(C)COc1cc(-c2ccc(CCNC[C@H](O)c3cccc(Cl)c3)cc2)ccc1C(=O)O. The van der Waals surface area contributed by atoms with E-state index in [9.17, 15) is 15.0 Å². The molecule has 0 aliphatic carbocycles. The van der Waals surface area contributed by atoms with E-state index >= 15 is 0 Å². The summed E-state index contributed by atoms with van der Waals surface area (Å²) in [5.41, 5.74) is 4.04. The van der Waals surface area contributed by atoms with E-state index in [1.807, 2.05) is 38.1 Å². The van der Waals surface area contributed by atoms with Crippen molar-refractivity contribution in [2.45, 2.75) is 26.4 Å². The van der Waals surface area contributed by atoms with E-state index in [1.165, 1.54) is 5.56 Å². The maximum absolute atomic E-state index is 11.5. The summed E-state index contributed by atoms with van der Waals surface area (Å²) in [5, 5.41) is 23.6. The standard InChI is InChI=1S/C27H30ClNO4/c1-18(2)17-33-26-15-21(10-11-24(26)27(31)32)20-8-6-19(7-9-20)12-13-29-16-25(30)22-4-3-5-23(28)14-22/h3-11,14-15,18,25,29-30H,12-13,16-17H2,1-2H3,(H,31,32)/t25-/m0/s1. The van der Waals surface area contributed by atoms with Crippen molar-refractivity contribution in [2.75, 3.05) is 19.7 Å². The first-order valence-electron chi connectivity index (χ1n) is 11.1. The average Bonchev–Trinajstić information content (AvgIpc) is 2.80. The van der Waals surface area contributed by atoms with Crippen molar-refractivity contribution in [3.63, 3.8) is 0 Å². The van der Waals surface area contributed by atoms with Crippen molar-refractivity contribution in [3.8, 4) is 16.9 Å². The number of nitrogens with one attached hydrogen (secondary N) is 1. The Morgan fingerprint density at radius 1 is 1.03 bits per heavy atom. The molecular weight excluding hydrogens is 438 g/mol. The zero-order valence-electron chi connectivity index (χ0n) is 18.9. The van der Waals surface area contributed by atoms with Crippen LogP contribution in [-0.2, 0) is 6.42 Å². The van der Waals surface area contributed by atoms with Crippen LogP contribution in [0.4, 0.5) is 0 Å². The van der Waals surface area contributed by atoms with Crippen molar-refractivity contribution in [1.82, 2.24) is 5.32 Å². The third kappa shape index (κ3) is 7.32. The number of carbonyl (C=O) groups is 1. The van der Waals surface area contributed by atoms with Gasteiger partial charge in [-0.1, -0.05) is 67.9 Å². The summed E-state index contributed by atoms with van der Waals surface area (Å²) in [6, 6.07) is 20.6. The fraction of sp³-hybridized carbons (Fsp3) is 0.296. The number of carboxylic acids is 1. The molecule has 0 aromatic heterocycles. The molecular formula is C27H30ClNO4. The van der Waals surface area contributed by atoms with Gasteiger partial charge in [0.1, 0.15) is 11.3 Å². The number of benzene rings is 3. The number of hydrogen-bond donors (Lipinski definition) is 3. The number of carboxylic acid groups (broad SMARTS) is 1. The van der Waals surface area contributed by atoms with Crippen molar-refractivity contribution < 1.29 is 19.7 Å². The Balaban J connectivity index is 1.57. The van der Waals surface area contributed by atoms with Gasteiger partial charge >= 0.3 is 5.97 Å². The maximum Gasteiger partial charge on any atom is 0.339 e. The molecule has 3 rings (SSSR count). The number of hydrogen-bond acceptors (Lipinski definition) is 4. The fourth-order valence-corrected chi connectivity index (χ4v) is 3.62. The van der Waals surface area contributed by atoms with E-state index in [0.29, 0.717) is 29.8 Å². The lowest BCUT2D eigenvalue weighted by Crippen LogP contribution is -2.23. The highest BCUT2D eigenvalue weighted by atomic mass is 35.5. The smallest absolute Gasteiger partial charge is 0.339 e. The van der Waals surface area contributed by atoms with Gasteiger partial charge in [-0.15, -0.1) is 0 Å². The molecule has 0 unspecified atom stereocenters. The topological polar surface area (TPSA) is 78.8 Å². The summed E-state index contributed by atoms with van der Waals surface area (Å²) in [6.07, 6.45) is 0.218. The van der Waals surface area contributed by atoms with Gasteiger partial charge in [0.05, 0.1) is 12.7 Å². The number of aromatic carboxylic acids is 1. The van der Waals surface area contributed by atoms with Crippen LogP contribution in [-0.4, -0.2) is 35.9 Å². The van der Waals surface area contributed by atoms with Gasteiger partial charge in [-0.3, -0.25) is 0 Å². The lowest BCUT2D eigenvalue weighted by atomic mass is 10.0. The molecule has 1 atom stereocenters. The highest BCUT2D eigenvalue weighted by molar-refractivity contribution is 6.30. The summed E-state index contributed by atoms with van der Waals surface area (Å²) < 4.78 is 5.75. The number of aliphatic hydroxyl groups is 1. The first-order valence-corrected chi connectivity index (χ1v) is 11.4. The molecule has 3 N–H and O–H groups in total. The van der Waals surface area contributed by atoms with E-state index in [0.717, 1.165) is 29.7 Å². The van der Waals surface area contributed by atoms with Crippen LogP contribution >= 0.6 is 11.6 Å². The number of halogens is 1. The van der Waals surface area contributed by atoms with Crippen LogP contribution in [0.1, 0.15) is 41.4 Å². The summed E-state index contributed by atoms with van der Waals surface area (Å²) in [4.78, 5) is 11.5. The minimum absolute atomic E-state index is 0.169. The molecule has 0 fully saturated rings. The minimum atomic E-state index is -0.997. The first kappa shape index (κ1) is 24.8. The Hall–Kier alpha value is -2.86. The number of aliphatic hydroxyl groups excluding tert-OH is 1. The molecule has 174 valence electrons. The number of ether oxygens (including phenoxy) is 1. The van der Waals surface area contributed by atoms with Crippen molar-refractivity contribution in [2.24, 2.45) is 5.92 Å². The predicted octanol–water partition coefficient (Wildman–Crippen LogP) is 5.61. The molecule has 0 bridgehead atoms. The molecule has 0 spiro atoms. The molecule has 3 aromatic rings. The van der Waals surface area contributed by atoms with Crippen molar-refractivity contribution >= 4 is 17.6 Å². The van der Waals surface area contributed by atoms with Gasteiger partial charge in [0.25, 0.3) is 0 Å². The molecule has 0 amide bonds. The fourth-order valence-electron chi connectivity index (χ4n) is 3.42. The Morgan fingerprint density at radius 2 is 1.76 bits per heavy atom. The molecule has 6 heteroatoms. The minimum Gasteiger partial charge on any atom is -0.492 e. The number of rotatable bonds is 11. The van der Waals surface area contributed by atoms with Crippen molar-refractivity contribution in [1.29, 1.82) is 0 Å². The molecule has 5 nitrogen and oxygen atoms in total. The molecule has 0 aliphatic rings. The lowest BCUT2D eigenvalue weighted by molar-refractivity contribution is 0.0691. The molecule has 3 aromatic carbocycles. The molecule has 0 heterocycles. The zero-order chi connectivity index (χ0) is 23.8. The van der Waals surface area contributed by atoms with E-state index in [-0.39, 0.29) is 5.56 Å². The van der Waals surface area contributed by atoms with E-state index in [2.05, 4.69) is 17.4 Å². The van der Waals surface area contributed by atoms with Crippen LogP contribution in [0.15, 0.2) is 66.7 Å². The van der Waals surface area contributed by atoms with Crippen molar-refractivity contribution in [3.05, 3.63) is 88.4 Å². The summed E-state index contributed by atoms with van der Waals surface area (Å²) >= 11 is 5.98. The highest BCUT2D eigenvalue weighted by Gasteiger charge is 2.13. The molecule has 33 heavy (non-hydrogen) atoms. The van der Waals surface area contributed by atoms with Crippen LogP contribution in [0.5, 0.6) is 5.75 Å². The quantitative estimate of drug-likeness (QED) is 0.320. The Labute approximate surface area is 200 Å². The Kier molecular flexibility index (Phi) is 8.89. The summed E-state index contributed by atoms with van der Waals surface area (Å²) in [6.45, 7) is 5.69. The van der Waals surface area contributed by atoms with Gasteiger partial charge in [-0.25, -0.2) is 4.79 Å². The van der Waals surface area contributed by atoms with E-state index in [4.69, 9.17) is 16.3 Å². The van der Waals surface area contributed by atoms with Crippen LogP contribution in [0.2, 0.25) is 5.02 Å². The summed E-state index contributed by atoms with van der Waals surface area (Å²) in [7, 11) is 0. The van der Waals surface area contributed by atoms with Crippen LogP contribution in [0.25, 0.3) is 11.1 Å². The summed E-state index contributed by atoms with van der Waals surface area (Å²) in [5.74, 6) is -0.307. The van der Waals surface area contributed by atoms with E-state index in [1.54, 1.807) is 30.3 Å². The van der Waals surface area contributed by atoms with Crippen LogP contribution in [0.3, 0.4) is 0 Å². The Morgan fingerprint density at radius 3 is 2.42 bits per heavy atom. The van der Waals surface area contributed by atoms with Gasteiger partial charge in [-0.2, -0.15) is 0 Å². The maximum atomic E-state index is 11.5. The molecule has 0 saturated carbocycles. The second kappa shape index (κ2) is 11.8. The van der Waals surface area contributed by atoms with Crippen LogP contribution in [0, 0.1) is 5.92 Å². The van der Waals surface area contributed by atoms with Crippen LogP contribution < -0.4 is 10.1 Å². The molecule has 0 saturated heterocycles. The van der Waals surface area contributed by atoms with Gasteiger partial charge < -0.3 is 20.3 Å². The van der Waals surface area contributed by atoms with Gasteiger partial charge in [0.2, 0.25) is 0 Å². The third-order valence-electron chi connectivity index (χ3n) is 5.23. The lowest BCUT2D eigenvalue weighted by Gasteiger charge is -2.14. The first-order chi connectivity index (χ1) is 15.8. The van der Waals surface area contributed by atoms with E-state index < -0.39 is 12.1 Å². The zero-order valence-corrected chi connectivity index (χ0v) is 19.7. The monoisotopic (exact) mass is 467 g/mol. The normalized spacial score (nSPS) is 12.0. The average molecular weight is 468 g/mol. The predicted molar refractivity (Wildman–Crippen MR) is 132 cm³/mol. The van der Waals surface area contributed by atoms with Gasteiger partial charge in [0, 0.05) is 11.6 Å². The second-order valence-electron chi connectivity index (χ2n) is 8.44. The highest BCUT2D eigenvalue weighted by Crippen LogP contribution is 2.28. The van der Waals surface area contributed by atoms with Gasteiger partial charge in [-0.05, 0) is 65.4 Å². The van der Waals surface area contributed by atoms with Gasteiger partial charge in [0.15, 0.2) is 0 Å². The second-order valence-corrected chi connectivity index (χ2v) is 8.88. The largest absolute Gasteiger partial charge is 0.492 e. The molecule has 0 aliphatic heterocycles.